The molecule has 6 nitrogen and oxygen atoms in total. The predicted molar refractivity (Wildman–Crippen MR) is 116 cm³/mol. The molecule has 0 aliphatic rings. The normalized spacial score (nSPS) is 11.6. The van der Waals surface area contributed by atoms with Gasteiger partial charge in [0.25, 0.3) is 0 Å². The number of benzene rings is 2. The molecule has 3 N–H and O–H groups in total. The summed E-state index contributed by atoms with van der Waals surface area (Å²) in [6.45, 7) is 1.01. The summed E-state index contributed by atoms with van der Waals surface area (Å²) < 4.78 is 22.9. The summed E-state index contributed by atoms with van der Waals surface area (Å²) >= 11 is 6.19. The second-order valence-electron chi connectivity index (χ2n) is 5.54. The van der Waals surface area contributed by atoms with E-state index in [4.69, 9.17) is 16.7 Å². The molecule has 142 valence electrons. The Kier molecular flexibility index (Phi) is 8.81. The molecule has 0 aliphatic heterocycles. The molecule has 0 atom stereocenters. The van der Waals surface area contributed by atoms with Crippen molar-refractivity contribution >= 4 is 51.6 Å². The monoisotopic (exact) mass is 508 g/mol. The Labute approximate surface area is 176 Å². The summed E-state index contributed by atoms with van der Waals surface area (Å²) in [6, 6.07) is 14.1. The number of sulfonamides is 1. The Morgan fingerprint density at radius 1 is 1.23 bits per heavy atom. The highest BCUT2D eigenvalue weighted by Crippen LogP contribution is 2.16. The van der Waals surface area contributed by atoms with Crippen LogP contribution < -0.4 is 10.5 Å². The third-order valence-electron chi connectivity index (χ3n) is 3.62. The Balaban J connectivity index is 0.00000338. The summed E-state index contributed by atoms with van der Waals surface area (Å²) in [5, 5.41) is 9.06. The van der Waals surface area contributed by atoms with Crippen LogP contribution in [0, 0.1) is 0 Å². The Morgan fingerprint density at radius 3 is 2.54 bits per heavy atom. The third kappa shape index (κ3) is 6.42. The average Bonchev–Trinajstić information content (AvgIpc) is 2.57. The standard InChI is InChI=1S/C17H21ClN4O2S.HI/c1-20-17(22(2)12-14-7-3-4-9-16(14)18)21-11-13-6-5-8-15(10-13)25(19,23)24;/h3-10H,11-12H2,1-2H3,(H,20,21)(H2,19,23,24);1H. The molecule has 0 bridgehead atoms. The van der Waals surface area contributed by atoms with Crippen molar-refractivity contribution < 1.29 is 8.42 Å². The lowest BCUT2D eigenvalue weighted by atomic mass is 10.2. The average molecular weight is 509 g/mol. The summed E-state index contributed by atoms with van der Waals surface area (Å²) in [5.41, 5.74) is 1.78. The lowest BCUT2D eigenvalue weighted by Gasteiger charge is -2.22. The first-order chi connectivity index (χ1) is 11.8. The van der Waals surface area contributed by atoms with Gasteiger partial charge in [-0.15, -0.1) is 24.0 Å². The first-order valence-electron chi connectivity index (χ1n) is 7.58. The molecule has 2 rings (SSSR count). The smallest absolute Gasteiger partial charge is 0.238 e. The molecule has 0 unspecified atom stereocenters. The molecule has 26 heavy (non-hydrogen) atoms. The van der Waals surface area contributed by atoms with Gasteiger partial charge in [-0.2, -0.15) is 0 Å². The van der Waals surface area contributed by atoms with Gasteiger partial charge >= 0.3 is 0 Å². The Morgan fingerprint density at radius 2 is 1.92 bits per heavy atom. The maximum atomic E-state index is 11.4. The lowest BCUT2D eigenvalue weighted by molar-refractivity contribution is 0.476. The molecule has 0 saturated heterocycles. The molecular weight excluding hydrogens is 487 g/mol. The zero-order valence-electron chi connectivity index (χ0n) is 14.5. The van der Waals surface area contributed by atoms with Crippen LogP contribution in [0.1, 0.15) is 11.1 Å². The van der Waals surface area contributed by atoms with Gasteiger partial charge in [0.2, 0.25) is 10.0 Å². The third-order valence-corrected chi connectivity index (χ3v) is 4.90. The van der Waals surface area contributed by atoms with Crippen molar-refractivity contribution in [2.24, 2.45) is 10.1 Å². The molecule has 0 saturated carbocycles. The topological polar surface area (TPSA) is 87.8 Å². The number of rotatable bonds is 5. The van der Waals surface area contributed by atoms with Gasteiger partial charge in [-0.05, 0) is 29.3 Å². The fourth-order valence-electron chi connectivity index (χ4n) is 2.36. The quantitative estimate of drug-likeness (QED) is 0.369. The van der Waals surface area contributed by atoms with Crippen LogP contribution in [-0.4, -0.2) is 33.4 Å². The fraction of sp³-hybridized carbons (Fsp3) is 0.235. The maximum Gasteiger partial charge on any atom is 0.238 e. The fourth-order valence-corrected chi connectivity index (χ4v) is 3.13. The van der Waals surface area contributed by atoms with Gasteiger partial charge in [0.05, 0.1) is 4.90 Å². The van der Waals surface area contributed by atoms with Crippen LogP contribution in [0.3, 0.4) is 0 Å². The minimum absolute atomic E-state index is 0. The number of halogens is 2. The van der Waals surface area contributed by atoms with Crippen LogP contribution in [0.25, 0.3) is 0 Å². The van der Waals surface area contributed by atoms with Crippen LogP contribution >= 0.6 is 35.6 Å². The number of nitrogens with one attached hydrogen (secondary N) is 1. The van der Waals surface area contributed by atoms with E-state index in [2.05, 4.69) is 10.3 Å². The number of hydrogen-bond acceptors (Lipinski definition) is 3. The van der Waals surface area contributed by atoms with Gasteiger partial charge in [-0.1, -0.05) is 41.9 Å². The van der Waals surface area contributed by atoms with Gasteiger partial charge < -0.3 is 10.2 Å². The van der Waals surface area contributed by atoms with E-state index in [-0.39, 0.29) is 28.9 Å². The van der Waals surface area contributed by atoms with Gasteiger partial charge in [-0.25, -0.2) is 13.6 Å². The lowest BCUT2D eigenvalue weighted by Crippen LogP contribution is -2.38. The molecule has 0 radical (unpaired) electrons. The second-order valence-corrected chi connectivity index (χ2v) is 7.51. The minimum Gasteiger partial charge on any atom is -0.352 e. The van der Waals surface area contributed by atoms with E-state index in [9.17, 15) is 8.42 Å². The van der Waals surface area contributed by atoms with E-state index in [0.717, 1.165) is 11.1 Å². The van der Waals surface area contributed by atoms with Gasteiger partial charge in [0, 0.05) is 32.2 Å². The number of guanidine groups is 1. The van der Waals surface area contributed by atoms with Crippen molar-refractivity contribution in [1.29, 1.82) is 0 Å². The number of primary sulfonamides is 1. The van der Waals surface area contributed by atoms with E-state index in [1.165, 1.54) is 6.07 Å². The molecule has 0 spiro atoms. The van der Waals surface area contributed by atoms with Gasteiger partial charge in [0.15, 0.2) is 5.96 Å². The van der Waals surface area contributed by atoms with Crippen molar-refractivity contribution in [3.63, 3.8) is 0 Å². The van der Waals surface area contributed by atoms with Crippen molar-refractivity contribution in [1.82, 2.24) is 10.2 Å². The zero-order chi connectivity index (χ0) is 18.4. The Hall–Kier alpha value is -1.36. The molecule has 2 aromatic carbocycles. The molecule has 0 amide bonds. The minimum atomic E-state index is -3.71. The van der Waals surface area contributed by atoms with E-state index >= 15 is 0 Å². The largest absolute Gasteiger partial charge is 0.352 e. The van der Waals surface area contributed by atoms with Crippen molar-refractivity contribution in [3.05, 3.63) is 64.7 Å². The molecule has 0 aromatic heterocycles. The molecule has 0 heterocycles. The summed E-state index contributed by atoms with van der Waals surface area (Å²) in [5.74, 6) is 0.668. The predicted octanol–water partition coefficient (Wildman–Crippen LogP) is 2.81. The summed E-state index contributed by atoms with van der Waals surface area (Å²) in [6.07, 6.45) is 0. The van der Waals surface area contributed by atoms with Crippen LogP contribution in [-0.2, 0) is 23.1 Å². The van der Waals surface area contributed by atoms with Crippen LogP contribution in [0.5, 0.6) is 0 Å². The second kappa shape index (κ2) is 10.1. The zero-order valence-corrected chi connectivity index (χ0v) is 18.4. The first kappa shape index (κ1) is 22.7. The highest BCUT2D eigenvalue weighted by molar-refractivity contribution is 14.0. The van der Waals surface area contributed by atoms with Crippen molar-refractivity contribution in [2.75, 3.05) is 14.1 Å². The van der Waals surface area contributed by atoms with Crippen LogP contribution in [0.4, 0.5) is 0 Å². The first-order valence-corrected chi connectivity index (χ1v) is 9.50. The van der Waals surface area contributed by atoms with E-state index in [1.807, 2.05) is 42.3 Å². The maximum absolute atomic E-state index is 11.4. The van der Waals surface area contributed by atoms with Gasteiger partial charge in [-0.3, -0.25) is 4.99 Å². The number of nitrogens with two attached hydrogens (primary N) is 1. The molecule has 9 heteroatoms. The molecule has 2 aromatic rings. The number of hydrogen-bond donors (Lipinski definition) is 2. The number of nitrogens with zero attached hydrogens (tertiary/aromatic N) is 2. The van der Waals surface area contributed by atoms with E-state index in [0.29, 0.717) is 24.1 Å². The molecule has 0 aliphatic carbocycles. The molecular formula is C17H22ClIN4O2S. The van der Waals surface area contributed by atoms with E-state index in [1.54, 1.807) is 19.2 Å². The van der Waals surface area contributed by atoms with Crippen molar-refractivity contribution in [2.45, 2.75) is 18.0 Å². The highest BCUT2D eigenvalue weighted by atomic mass is 127. The number of aliphatic imine (C=N–C) groups is 1. The summed E-state index contributed by atoms with van der Waals surface area (Å²) in [4.78, 5) is 6.27. The van der Waals surface area contributed by atoms with E-state index < -0.39 is 10.0 Å². The van der Waals surface area contributed by atoms with Crippen LogP contribution in [0.15, 0.2) is 58.4 Å². The van der Waals surface area contributed by atoms with Gasteiger partial charge in [0.1, 0.15) is 0 Å². The van der Waals surface area contributed by atoms with Crippen molar-refractivity contribution in [3.8, 4) is 0 Å². The highest BCUT2D eigenvalue weighted by Gasteiger charge is 2.10. The summed E-state index contributed by atoms with van der Waals surface area (Å²) in [7, 11) is -0.125. The Bertz CT molecular complexity index is 875. The SMILES string of the molecule is CN=C(NCc1cccc(S(N)(=O)=O)c1)N(C)Cc1ccccc1Cl.I. The molecule has 0 fully saturated rings. The van der Waals surface area contributed by atoms with Crippen LogP contribution in [0.2, 0.25) is 5.02 Å².